The van der Waals surface area contributed by atoms with Crippen LogP contribution in [0, 0.1) is 0 Å². The zero-order valence-corrected chi connectivity index (χ0v) is 12.1. The summed E-state index contributed by atoms with van der Waals surface area (Å²) < 4.78 is 5.76. The van der Waals surface area contributed by atoms with Crippen molar-refractivity contribution >= 4 is 25.2 Å². The number of carbonyl (C=O) groups is 1. The third-order valence-electron chi connectivity index (χ3n) is 4.27. The first-order chi connectivity index (χ1) is 10.1. The third kappa shape index (κ3) is 1.99. The highest BCUT2D eigenvalue weighted by molar-refractivity contribution is 6.31. The summed E-state index contributed by atoms with van der Waals surface area (Å²) in [5, 5.41) is 0.663. The van der Waals surface area contributed by atoms with E-state index in [0.29, 0.717) is 18.1 Å². The molecule has 0 N–H and O–H groups in total. The molecule has 0 aromatic heterocycles. The predicted molar refractivity (Wildman–Crippen MR) is 83.4 cm³/mol. The molecule has 2 aromatic carbocycles. The van der Waals surface area contributed by atoms with Gasteiger partial charge in [-0.15, -0.1) is 0 Å². The number of ether oxygens (including phenoxy) is 1. The molecule has 102 valence electrons. The molecule has 0 saturated heterocycles. The van der Waals surface area contributed by atoms with Gasteiger partial charge in [0.25, 0.3) is 0 Å². The number of ketones is 1. The quantitative estimate of drug-likeness (QED) is 0.687. The Morgan fingerprint density at radius 3 is 2.76 bits per heavy atom. The van der Waals surface area contributed by atoms with Gasteiger partial charge in [-0.05, 0) is 65.7 Å². The van der Waals surface area contributed by atoms with E-state index in [-0.39, 0.29) is 11.6 Å². The number of rotatable bonds is 0. The first-order valence-electron chi connectivity index (χ1n) is 7.02. The van der Waals surface area contributed by atoms with Gasteiger partial charge in [0.15, 0.2) is 5.78 Å². The number of aryl methyl sites for hydroxylation is 1. The Morgan fingerprint density at radius 1 is 1.10 bits per heavy atom. The molecular formula is C17H12BClO2. The SMILES string of the molecule is [B]C1CCc2cc3c(cc2C1=O)COc1cc(Cl)ccc1-3. The molecule has 0 spiro atoms. The van der Waals surface area contributed by atoms with Crippen molar-refractivity contribution in [3.05, 3.63) is 52.0 Å². The molecule has 2 nitrogen and oxygen atoms in total. The van der Waals surface area contributed by atoms with Crippen molar-refractivity contribution in [2.24, 2.45) is 0 Å². The Hall–Kier alpha value is -1.74. The van der Waals surface area contributed by atoms with E-state index in [1.807, 2.05) is 24.3 Å². The maximum absolute atomic E-state index is 12.2. The van der Waals surface area contributed by atoms with E-state index in [1.54, 1.807) is 0 Å². The highest BCUT2D eigenvalue weighted by Gasteiger charge is 2.27. The van der Waals surface area contributed by atoms with Crippen LogP contribution in [-0.4, -0.2) is 13.6 Å². The van der Waals surface area contributed by atoms with Crippen molar-refractivity contribution < 1.29 is 9.53 Å². The Bertz CT molecular complexity index is 770. The standard InChI is InChI=1S/C17H12BClO2/c18-15-4-1-9-5-13-10(6-14(9)17(15)20)8-21-16-7-11(19)2-3-12(13)16/h2-3,5-7,15H,1,4,8H2. The van der Waals surface area contributed by atoms with Gasteiger partial charge in [-0.3, -0.25) is 4.79 Å². The summed E-state index contributed by atoms with van der Waals surface area (Å²) >= 11 is 6.02. The number of fused-ring (bicyclic) bond motifs is 4. The summed E-state index contributed by atoms with van der Waals surface area (Å²) in [7, 11) is 5.87. The Balaban J connectivity index is 1.90. The van der Waals surface area contributed by atoms with E-state index in [0.717, 1.165) is 40.0 Å². The van der Waals surface area contributed by atoms with Gasteiger partial charge in [0.05, 0.1) is 7.85 Å². The molecule has 1 aliphatic heterocycles. The van der Waals surface area contributed by atoms with Gasteiger partial charge in [-0.2, -0.15) is 0 Å². The maximum Gasteiger partial charge on any atom is 0.157 e. The summed E-state index contributed by atoms with van der Waals surface area (Å²) in [6.07, 6.45) is 1.56. The van der Waals surface area contributed by atoms with Gasteiger partial charge < -0.3 is 4.74 Å². The number of Topliss-reactive ketones (excluding diaryl/α,β-unsaturated/α-hetero) is 1. The monoisotopic (exact) mass is 294 g/mol. The number of carbonyl (C=O) groups excluding carboxylic acids is 1. The molecular weight excluding hydrogens is 282 g/mol. The topological polar surface area (TPSA) is 26.3 Å². The van der Waals surface area contributed by atoms with Crippen LogP contribution in [0.3, 0.4) is 0 Å². The van der Waals surface area contributed by atoms with Gasteiger partial charge in [-0.1, -0.05) is 11.6 Å². The van der Waals surface area contributed by atoms with E-state index < -0.39 is 0 Å². The van der Waals surface area contributed by atoms with Gasteiger partial charge in [-0.25, -0.2) is 0 Å². The minimum Gasteiger partial charge on any atom is -0.488 e. The lowest BCUT2D eigenvalue weighted by Crippen LogP contribution is -2.19. The first-order valence-corrected chi connectivity index (χ1v) is 7.39. The van der Waals surface area contributed by atoms with Crippen LogP contribution < -0.4 is 4.74 Å². The van der Waals surface area contributed by atoms with Gasteiger partial charge in [0.2, 0.25) is 0 Å². The minimum absolute atomic E-state index is 0.0425. The molecule has 2 aliphatic rings. The third-order valence-corrected chi connectivity index (χ3v) is 4.51. The van der Waals surface area contributed by atoms with Crippen molar-refractivity contribution in [3.8, 4) is 16.9 Å². The second-order valence-corrected chi connectivity index (χ2v) is 6.04. The molecule has 0 fully saturated rings. The normalized spacial score (nSPS) is 19.3. The fraction of sp³-hybridized carbons (Fsp3) is 0.235. The fourth-order valence-electron chi connectivity index (χ4n) is 3.13. The summed E-state index contributed by atoms with van der Waals surface area (Å²) in [5.41, 5.74) is 5.04. The van der Waals surface area contributed by atoms with E-state index >= 15 is 0 Å². The Morgan fingerprint density at radius 2 is 1.90 bits per heavy atom. The van der Waals surface area contributed by atoms with Gasteiger partial charge in [0, 0.05) is 16.1 Å². The smallest absolute Gasteiger partial charge is 0.157 e. The average Bonchev–Trinajstić information content (AvgIpc) is 2.49. The first kappa shape index (κ1) is 13.0. The summed E-state index contributed by atoms with van der Waals surface area (Å²) in [5.74, 6) is 0.473. The van der Waals surface area contributed by atoms with Crippen LogP contribution in [0.2, 0.25) is 10.8 Å². The molecule has 1 aliphatic carbocycles. The van der Waals surface area contributed by atoms with E-state index in [2.05, 4.69) is 6.07 Å². The molecule has 4 heteroatoms. The van der Waals surface area contributed by atoms with Crippen LogP contribution in [0.15, 0.2) is 30.3 Å². The lowest BCUT2D eigenvalue weighted by Gasteiger charge is -2.26. The molecule has 2 aromatic rings. The lowest BCUT2D eigenvalue weighted by atomic mass is 9.71. The summed E-state index contributed by atoms with van der Waals surface area (Å²) in [6.45, 7) is 0.457. The highest BCUT2D eigenvalue weighted by atomic mass is 35.5. The van der Waals surface area contributed by atoms with E-state index in [9.17, 15) is 4.79 Å². The van der Waals surface area contributed by atoms with E-state index in [1.165, 1.54) is 0 Å². The average molecular weight is 295 g/mol. The molecule has 1 atom stereocenters. The van der Waals surface area contributed by atoms with Crippen LogP contribution in [0.25, 0.3) is 11.1 Å². The van der Waals surface area contributed by atoms with Crippen LogP contribution in [-0.2, 0) is 13.0 Å². The molecule has 1 heterocycles. The lowest BCUT2D eigenvalue weighted by molar-refractivity contribution is 0.0973. The number of hydrogen-bond acceptors (Lipinski definition) is 2. The van der Waals surface area contributed by atoms with Crippen molar-refractivity contribution in [1.29, 1.82) is 0 Å². The second kappa shape index (κ2) is 4.64. The Labute approximate surface area is 129 Å². The Kier molecular flexibility index (Phi) is 2.86. The molecule has 2 radical (unpaired) electrons. The summed E-state index contributed by atoms with van der Waals surface area (Å²) in [6, 6.07) is 9.73. The molecule has 21 heavy (non-hydrogen) atoms. The van der Waals surface area contributed by atoms with Crippen LogP contribution in [0.5, 0.6) is 5.75 Å². The number of benzene rings is 2. The van der Waals surface area contributed by atoms with Crippen LogP contribution in [0.1, 0.15) is 27.9 Å². The van der Waals surface area contributed by atoms with Crippen molar-refractivity contribution in [1.82, 2.24) is 0 Å². The van der Waals surface area contributed by atoms with E-state index in [4.69, 9.17) is 24.2 Å². The minimum atomic E-state index is -0.369. The molecule has 4 rings (SSSR count). The maximum atomic E-state index is 12.2. The molecule has 1 unspecified atom stereocenters. The molecule has 0 saturated carbocycles. The molecule has 0 bridgehead atoms. The van der Waals surface area contributed by atoms with Crippen molar-refractivity contribution in [2.45, 2.75) is 25.3 Å². The van der Waals surface area contributed by atoms with Gasteiger partial charge >= 0.3 is 0 Å². The number of hydrogen-bond donors (Lipinski definition) is 0. The predicted octanol–water partition coefficient (Wildman–Crippen LogP) is 3.99. The van der Waals surface area contributed by atoms with Crippen molar-refractivity contribution in [3.63, 3.8) is 0 Å². The second-order valence-electron chi connectivity index (χ2n) is 5.61. The van der Waals surface area contributed by atoms with Crippen LogP contribution in [0.4, 0.5) is 0 Å². The van der Waals surface area contributed by atoms with Crippen molar-refractivity contribution in [2.75, 3.05) is 0 Å². The zero-order valence-electron chi connectivity index (χ0n) is 11.4. The molecule has 0 amide bonds. The van der Waals surface area contributed by atoms with Crippen LogP contribution >= 0.6 is 11.6 Å². The van der Waals surface area contributed by atoms with Gasteiger partial charge in [0.1, 0.15) is 12.4 Å². The number of halogens is 1. The largest absolute Gasteiger partial charge is 0.488 e. The highest BCUT2D eigenvalue weighted by Crippen LogP contribution is 2.41. The summed E-state index contributed by atoms with van der Waals surface area (Å²) in [4.78, 5) is 12.2. The zero-order chi connectivity index (χ0) is 14.6. The fourth-order valence-corrected chi connectivity index (χ4v) is 3.29.